The predicted octanol–water partition coefficient (Wildman–Crippen LogP) is 2.21. The number of amides is 1. The molecule has 0 spiro atoms. The van der Waals surface area contributed by atoms with E-state index in [2.05, 4.69) is 15.5 Å². The molecule has 0 aromatic heterocycles. The van der Waals surface area contributed by atoms with Crippen molar-refractivity contribution in [2.24, 2.45) is 0 Å². The zero-order chi connectivity index (χ0) is 17.0. The number of rotatable bonds is 4. The van der Waals surface area contributed by atoms with Crippen LogP contribution in [0.3, 0.4) is 0 Å². The molecule has 9 heteroatoms. The van der Waals surface area contributed by atoms with Crippen LogP contribution in [-0.4, -0.2) is 58.0 Å². The number of ether oxygens (including phenoxy) is 2. The molecule has 0 saturated carbocycles. The average molecular weight is 410 g/mol. The number of hydrogen-bond acceptors (Lipinski definition) is 5. The van der Waals surface area contributed by atoms with Crippen molar-refractivity contribution in [1.82, 2.24) is 5.32 Å². The number of halogens is 3. The van der Waals surface area contributed by atoms with Gasteiger partial charge >= 0.3 is 0 Å². The van der Waals surface area contributed by atoms with E-state index in [1.807, 2.05) is 0 Å². The van der Waals surface area contributed by atoms with E-state index in [1.165, 1.54) is 12.1 Å². The van der Waals surface area contributed by atoms with Gasteiger partial charge < -0.3 is 25.0 Å². The second-order valence-electron chi connectivity index (χ2n) is 6.20. The van der Waals surface area contributed by atoms with Crippen LogP contribution in [0.4, 0.5) is 15.8 Å². The molecule has 0 atom stereocenters. The summed E-state index contributed by atoms with van der Waals surface area (Å²) in [7, 11) is 1.55. The van der Waals surface area contributed by atoms with Crippen LogP contribution in [0, 0.1) is 5.82 Å². The summed E-state index contributed by atoms with van der Waals surface area (Å²) in [5.74, 6) is -0.587. The van der Waals surface area contributed by atoms with Crippen LogP contribution in [0.1, 0.15) is 12.8 Å². The van der Waals surface area contributed by atoms with Crippen LogP contribution in [0.2, 0.25) is 0 Å². The van der Waals surface area contributed by atoms with Crippen molar-refractivity contribution in [3.05, 3.63) is 24.0 Å². The Hall–Kier alpha value is -1.12. The maximum Gasteiger partial charge on any atom is 0.256 e. The summed E-state index contributed by atoms with van der Waals surface area (Å²) in [5.41, 5.74) is 0.360. The van der Waals surface area contributed by atoms with E-state index in [-0.39, 0.29) is 36.5 Å². The Morgan fingerprint density at radius 3 is 2.50 bits per heavy atom. The monoisotopic (exact) mass is 409 g/mol. The van der Waals surface area contributed by atoms with Crippen molar-refractivity contribution in [2.75, 3.05) is 56.7 Å². The molecular weight excluding hydrogens is 384 g/mol. The van der Waals surface area contributed by atoms with Crippen molar-refractivity contribution in [3.8, 4) is 0 Å². The number of anilines is 2. The lowest BCUT2D eigenvalue weighted by molar-refractivity contribution is -0.140. The van der Waals surface area contributed by atoms with Gasteiger partial charge in [-0.25, -0.2) is 4.39 Å². The minimum absolute atomic E-state index is 0. The summed E-state index contributed by atoms with van der Waals surface area (Å²) in [6, 6.07) is 4.63. The van der Waals surface area contributed by atoms with Crippen LogP contribution >= 0.6 is 24.8 Å². The molecule has 2 aliphatic rings. The minimum Gasteiger partial charge on any atom is -0.378 e. The number of methoxy groups -OCH3 is 1. The minimum atomic E-state index is -0.851. The SMILES string of the molecule is COC1(C(=O)Nc2cc(F)cc(N3CCOCC3)c2)CCNCC1.Cl.Cl. The third-order valence-corrected chi connectivity index (χ3v) is 4.73. The smallest absolute Gasteiger partial charge is 0.256 e. The van der Waals surface area contributed by atoms with Crippen LogP contribution < -0.4 is 15.5 Å². The summed E-state index contributed by atoms with van der Waals surface area (Å²) < 4.78 is 24.8. The molecule has 1 aromatic rings. The van der Waals surface area contributed by atoms with Crippen molar-refractivity contribution in [3.63, 3.8) is 0 Å². The highest BCUT2D eigenvalue weighted by Gasteiger charge is 2.39. The number of carbonyl (C=O) groups excluding carboxylic acids is 1. The average Bonchev–Trinajstić information content (AvgIpc) is 2.62. The van der Waals surface area contributed by atoms with Crippen LogP contribution in [0.5, 0.6) is 0 Å². The molecule has 0 bridgehead atoms. The Balaban J connectivity index is 0.00000169. The van der Waals surface area contributed by atoms with Gasteiger partial charge in [0.05, 0.1) is 13.2 Å². The van der Waals surface area contributed by atoms with Gasteiger partial charge in [0.25, 0.3) is 5.91 Å². The van der Waals surface area contributed by atoms with Gasteiger partial charge in [-0.3, -0.25) is 4.79 Å². The van der Waals surface area contributed by atoms with Crippen molar-refractivity contribution < 1.29 is 18.7 Å². The van der Waals surface area contributed by atoms with Gasteiger partial charge in [-0.1, -0.05) is 0 Å². The highest BCUT2D eigenvalue weighted by molar-refractivity contribution is 5.97. The Kier molecular flexibility index (Phi) is 9.06. The number of benzene rings is 1. The highest BCUT2D eigenvalue weighted by atomic mass is 35.5. The third-order valence-electron chi connectivity index (χ3n) is 4.73. The molecule has 2 heterocycles. The summed E-state index contributed by atoms with van der Waals surface area (Å²) in [6.45, 7) is 4.12. The van der Waals surface area contributed by atoms with E-state index in [1.54, 1.807) is 13.2 Å². The molecule has 2 N–H and O–H groups in total. The van der Waals surface area contributed by atoms with E-state index in [0.717, 1.165) is 18.8 Å². The number of carbonyl (C=O) groups is 1. The van der Waals surface area contributed by atoms with Gasteiger partial charge in [-0.2, -0.15) is 0 Å². The molecule has 2 aliphatic heterocycles. The van der Waals surface area contributed by atoms with Gasteiger partial charge in [-0.15, -0.1) is 24.8 Å². The second-order valence-corrected chi connectivity index (χ2v) is 6.20. The standard InChI is InChI=1S/C17H24FN3O3.2ClH/c1-23-17(2-4-19-5-3-17)16(22)20-14-10-13(18)11-15(12-14)21-6-8-24-9-7-21;;/h10-12,19H,2-9H2,1H3,(H,20,22);2*1H. The van der Waals surface area contributed by atoms with Crippen molar-refractivity contribution in [1.29, 1.82) is 0 Å². The Morgan fingerprint density at radius 1 is 1.23 bits per heavy atom. The summed E-state index contributed by atoms with van der Waals surface area (Å²) in [5, 5.41) is 6.05. The molecule has 0 aliphatic carbocycles. The molecule has 6 nitrogen and oxygen atoms in total. The Morgan fingerprint density at radius 2 is 1.88 bits per heavy atom. The lowest BCUT2D eigenvalue weighted by atomic mass is 9.91. The molecule has 2 fully saturated rings. The van der Waals surface area contributed by atoms with Gasteiger partial charge in [0.15, 0.2) is 0 Å². The van der Waals surface area contributed by atoms with Crippen LogP contribution in [0.25, 0.3) is 0 Å². The van der Waals surface area contributed by atoms with Gasteiger partial charge in [0, 0.05) is 31.6 Å². The van der Waals surface area contributed by atoms with Crippen molar-refractivity contribution >= 4 is 42.1 Å². The van der Waals surface area contributed by atoms with Crippen LogP contribution in [-0.2, 0) is 14.3 Å². The van der Waals surface area contributed by atoms with E-state index >= 15 is 0 Å². The topological polar surface area (TPSA) is 62.8 Å². The lowest BCUT2D eigenvalue weighted by Gasteiger charge is -2.35. The Bertz CT molecular complexity index is 595. The summed E-state index contributed by atoms with van der Waals surface area (Å²) in [6.07, 6.45) is 1.20. The second kappa shape index (κ2) is 10.3. The number of nitrogens with zero attached hydrogens (tertiary/aromatic N) is 1. The molecule has 1 aromatic carbocycles. The van der Waals surface area contributed by atoms with Gasteiger partial charge in [0.1, 0.15) is 11.4 Å². The van der Waals surface area contributed by atoms with Crippen LogP contribution in [0.15, 0.2) is 18.2 Å². The Labute approximate surface area is 165 Å². The number of nitrogens with one attached hydrogen (secondary N) is 2. The van der Waals surface area contributed by atoms with Gasteiger partial charge in [-0.05, 0) is 44.1 Å². The van der Waals surface area contributed by atoms with E-state index in [4.69, 9.17) is 9.47 Å². The quantitative estimate of drug-likeness (QED) is 0.797. The lowest BCUT2D eigenvalue weighted by Crippen LogP contribution is -2.51. The molecule has 148 valence electrons. The number of piperidine rings is 1. The zero-order valence-electron chi connectivity index (χ0n) is 14.8. The predicted molar refractivity (Wildman–Crippen MR) is 104 cm³/mol. The van der Waals surface area contributed by atoms with E-state index in [0.29, 0.717) is 44.8 Å². The summed E-state index contributed by atoms with van der Waals surface area (Å²) >= 11 is 0. The maximum atomic E-state index is 14.0. The summed E-state index contributed by atoms with van der Waals surface area (Å²) in [4.78, 5) is 14.8. The fourth-order valence-corrected chi connectivity index (χ4v) is 3.25. The molecule has 0 unspecified atom stereocenters. The molecular formula is C17H26Cl2FN3O3. The largest absolute Gasteiger partial charge is 0.378 e. The molecule has 1 amide bonds. The van der Waals surface area contributed by atoms with Gasteiger partial charge in [0.2, 0.25) is 0 Å². The first-order chi connectivity index (χ1) is 11.6. The normalized spacial score (nSPS) is 19.1. The fourth-order valence-electron chi connectivity index (χ4n) is 3.25. The van der Waals surface area contributed by atoms with E-state index < -0.39 is 5.60 Å². The molecule has 26 heavy (non-hydrogen) atoms. The van der Waals surface area contributed by atoms with Crippen molar-refractivity contribution in [2.45, 2.75) is 18.4 Å². The number of morpholine rings is 1. The highest BCUT2D eigenvalue weighted by Crippen LogP contribution is 2.27. The first kappa shape index (κ1) is 22.9. The molecule has 3 rings (SSSR count). The first-order valence-electron chi connectivity index (χ1n) is 8.34. The zero-order valence-corrected chi connectivity index (χ0v) is 16.4. The molecule has 2 saturated heterocycles. The third kappa shape index (κ3) is 5.20. The molecule has 0 radical (unpaired) electrons. The first-order valence-corrected chi connectivity index (χ1v) is 8.34. The van der Waals surface area contributed by atoms with E-state index in [9.17, 15) is 9.18 Å². The fraction of sp³-hybridized carbons (Fsp3) is 0.588. The number of hydrogen-bond donors (Lipinski definition) is 2. The maximum absolute atomic E-state index is 14.0.